The standard InChI is InChI=1S/C24H27ClN4O/c1-3-24(26,4-2)15-27-23(30)21-20-12-10-16-14-17(25)11-13-19(16)22(20)29(28-21)18-8-6-5-7-9-18/h5-9,11,13-14H,3-4,10,12,15,26H2,1-2H3,(H,27,30). The fourth-order valence-corrected chi connectivity index (χ4v) is 4.20. The topological polar surface area (TPSA) is 72.9 Å². The zero-order valence-corrected chi connectivity index (χ0v) is 18.2. The number of hydrogen-bond donors (Lipinski definition) is 2. The minimum Gasteiger partial charge on any atom is -0.349 e. The molecule has 5 nitrogen and oxygen atoms in total. The minimum atomic E-state index is -0.402. The summed E-state index contributed by atoms with van der Waals surface area (Å²) in [4.78, 5) is 13.1. The third kappa shape index (κ3) is 3.75. The van der Waals surface area contributed by atoms with Crippen molar-refractivity contribution in [3.63, 3.8) is 0 Å². The summed E-state index contributed by atoms with van der Waals surface area (Å²) < 4.78 is 1.88. The van der Waals surface area contributed by atoms with Crippen molar-refractivity contribution in [2.75, 3.05) is 6.54 Å². The number of nitrogens with zero attached hydrogens (tertiary/aromatic N) is 2. The Labute approximate surface area is 182 Å². The van der Waals surface area contributed by atoms with E-state index in [4.69, 9.17) is 22.4 Å². The molecule has 0 saturated carbocycles. The van der Waals surface area contributed by atoms with Crippen molar-refractivity contribution in [3.8, 4) is 16.9 Å². The molecule has 1 aliphatic carbocycles. The van der Waals surface area contributed by atoms with Crippen molar-refractivity contribution in [3.05, 3.63) is 70.4 Å². The van der Waals surface area contributed by atoms with Crippen molar-refractivity contribution >= 4 is 17.5 Å². The molecular weight excluding hydrogens is 396 g/mol. The molecule has 4 rings (SSSR count). The van der Waals surface area contributed by atoms with Crippen LogP contribution in [0.3, 0.4) is 0 Å². The lowest BCUT2D eigenvalue weighted by Gasteiger charge is -2.26. The van der Waals surface area contributed by atoms with E-state index in [1.807, 2.05) is 67.1 Å². The van der Waals surface area contributed by atoms with Crippen molar-refractivity contribution in [1.82, 2.24) is 15.1 Å². The van der Waals surface area contributed by atoms with Crippen LogP contribution in [0, 0.1) is 0 Å². The van der Waals surface area contributed by atoms with Crippen LogP contribution in [-0.4, -0.2) is 27.8 Å². The van der Waals surface area contributed by atoms with Crippen LogP contribution in [0.4, 0.5) is 0 Å². The van der Waals surface area contributed by atoms with Gasteiger partial charge < -0.3 is 11.1 Å². The number of halogens is 1. The number of carbonyl (C=O) groups is 1. The highest BCUT2D eigenvalue weighted by atomic mass is 35.5. The number of amides is 1. The van der Waals surface area contributed by atoms with E-state index >= 15 is 0 Å². The Morgan fingerprint density at radius 1 is 1.17 bits per heavy atom. The first-order chi connectivity index (χ1) is 14.5. The van der Waals surface area contributed by atoms with Crippen molar-refractivity contribution in [2.45, 2.75) is 45.1 Å². The smallest absolute Gasteiger partial charge is 0.272 e. The molecule has 30 heavy (non-hydrogen) atoms. The molecule has 1 aliphatic rings. The Bertz CT molecular complexity index is 1070. The summed E-state index contributed by atoms with van der Waals surface area (Å²) in [7, 11) is 0. The van der Waals surface area contributed by atoms with Crippen LogP contribution in [0.25, 0.3) is 16.9 Å². The van der Waals surface area contributed by atoms with Gasteiger partial charge in [0, 0.05) is 28.2 Å². The number of benzene rings is 2. The van der Waals surface area contributed by atoms with E-state index in [9.17, 15) is 4.79 Å². The summed E-state index contributed by atoms with van der Waals surface area (Å²) >= 11 is 6.23. The van der Waals surface area contributed by atoms with Gasteiger partial charge in [-0.3, -0.25) is 4.79 Å². The quantitative estimate of drug-likeness (QED) is 0.612. The second-order valence-corrected chi connectivity index (χ2v) is 8.41. The number of hydrogen-bond acceptors (Lipinski definition) is 3. The predicted octanol–water partition coefficient (Wildman–Crippen LogP) is 4.54. The minimum absolute atomic E-state index is 0.171. The van der Waals surface area contributed by atoms with Gasteiger partial charge in [-0.15, -0.1) is 0 Å². The lowest BCUT2D eigenvalue weighted by Crippen LogP contribution is -2.49. The predicted molar refractivity (Wildman–Crippen MR) is 121 cm³/mol. The van der Waals surface area contributed by atoms with Gasteiger partial charge in [0.15, 0.2) is 5.69 Å². The molecule has 0 spiro atoms. The first kappa shape index (κ1) is 20.6. The maximum atomic E-state index is 13.1. The van der Waals surface area contributed by atoms with Crippen LogP contribution < -0.4 is 11.1 Å². The molecule has 1 aromatic heterocycles. The van der Waals surface area contributed by atoms with Gasteiger partial charge in [-0.1, -0.05) is 49.7 Å². The van der Waals surface area contributed by atoms with Crippen molar-refractivity contribution < 1.29 is 4.79 Å². The van der Waals surface area contributed by atoms with Gasteiger partial charge in [0.05, 0.1) is 11.4 Å². The number of nitrogens with one attached hydrogen (secondary N) is 1. The fourth-order valence-electron chi connectivity index (χ4n) is 4.00. The molecule has 0 atom stereocenters. The summed E-state index contributed by atoms with van der Waals surface area (Å²) in [5.74, 6) is -0.171. The van der Waals surface area contributed by atoms with Gasteiger partial charge in [0.2, 0.25) is 0 Å². The largest absolute Gasteiger partial charge is 0.349 e. The number of para-hydroxylation sites is 1. The van der Waals surface area contributed by atoms with E-state index < -0.39 is 5.54 Å². The first-order valence-electron chi connectivity index (χ1n) is 10.5. The molecule has 156 valence electrons. The van der Waals surface area contributed by atoms with Crippen LogP contribution in [0.2, 0.25) is 5.02 Å². The molecule has 0 bridgehead atoms. The molecule has 6 heteroatoms. The monoisotopic (exact) mass is 422 g/mol. The Hall–Kier alpha value is -2.63. The third-order valence-corrected chi connectivity index (χ3v) is 6.41. The lowest BCUT2D eigenvalue weighted by molar-refractivity contribution is 0.0935. The Balaban J connectivity index is 1.79. The average Bonchev–Trinajstić information content (AvgIpc) is 3.17. The molecule has 1 heterocycles. The Morgan fingerprint density at radius 3 is 2.60 bits per heavy atom. The second kappa shape index (κ2) is 8.25. The van der Waals surface area contributed by atoms with E-state index in [1.165, 1.54) is 5.56 Å². The number of aryl methyl sites for hydroxylation is 1. The summed E-state index contributed by atoms with van der Waals surface area (Å²) in [6.45, 7) is 4.52. The van der Waals surface area contributed by atoms with E-state index in [0.717, 1.165) is 53.2 Å². The SMILES string of the molecule is CCC(N)(CC)CNC(=O)c1nn(-c2ccccc2)c2c1CCc1cc(Cl)ccc1-2. The third-order valence-electron chi connectivity index (χ3n) is 6.18. The van der Waals surface area contributed by atoms with Gasteiger partial charge >= 0.3 is 0 Å². The van der Waals surface area contributed by atoms with Crippen LogP contribution in [-0.2, 0) is 12.8 Å². The van der Waals surface area contributed by atoms with Gasteiger partial charge in [0.1, 0.15) is 0 Å². The average molecular weight is 423 g/mol. The maximum Gasteiger partial charge on any atom is 0.272 e. The van der Waals surface area contributed by atoms with Crippen molar-refractivity contribution in [1.29, 1.82) is 0 Å². The molecular formula is C24H27ClN4O. The highest BCUT2D eigenvalue weighted by Gasteiger charge is 2.30. The van der Waals surface area contributed by atoms with Gasteiger partial charge in [-0.25, -0.2) is 4.68 Å². The van der Waals surface area contributed by atoms with Crippen LogP contribution >= 0.6 is 11.6 Å². The zero-order valence-electron chi connectivity index (χ0n) is 17.4. The van der Waals surface area contributed by atoms with Crippen molar-refractivity contribution in [2.24, 2.45) is 5.73 Å². The molecule has 3 aromatic rings. The molecule has 0 unspecified atom stereocenters. The molecule has 3 N–H and O–H groups in total. The molecule has 0 fully saturated rings. The highest BCUT2D eigenvalue weighted by molar-refractivity contribution is 6.30. The number of aromatic nitrogens is 2. The molecule has 2 aromatic carbocycles. The van der Waals surface area contributed by atoms with E-state index in [-0.39, 0.29) is 5.91 Å². The summed E-state index contributed by atoms with van der Waals surface area (Å²) in [6, 6.07) is 15.8. The number of fused-ring (bicyclic) bond motifs is 3. The van der Waals surface area contributed by atoms with Gasteiger partial charge in [-0.05, 0) is 55.5 Å². The summed E-state index contributed by atoms with van der Waals surface area (Å²) in [5.41, 5.74) is 11.6. The maximum absolute atomic E-state index is 13.1. The van der Waals surface area contributed by atoms with E-state index in [0.29, 0.717) is 12.2 Å². The molecule has 0 radical (unpaired) electrons. The summed E-state index contributed by atoms with van der Waals surface area (Å²) in [6.07, 6.45) is 3.17. The molecule has 0 aliphatic heterocycles. The molecule has 0 saturated heterocycles. The van der Waals surface area contributed by atoms with Gasteiger partial charge in [-0.2, -0.15) is 5.10 Å². The van der Waals surface area contributed by atoms with Crippen LogP contribution in [0.1, 0.15) is 48.3 Å². The number of carbonyl (C=O) groups excluding carboxylic acids is 1. The Kier molecular flexibility index (Phi) is 5.67. The van der Waals surface area contributed by atoms with E-state index in [2.05, 4.69) is 5.32 Å². The van der Waals surface area contributed by atoms with Crippen LogP contribution in [0.5, 0.6) is 0 Å². The number of rotatable bonds is 6. The van der Waals surface area contributed by atoms with Gasteiger partial charge in [0.25, 0.3) is 5.91 Å². The lowest BCUT2D eigenvalue weighted by atomic mass is 9.88. The summed E-state index contributed by atoms with van der Waals surface area (Å²) in [5, 5.41) is 8.52. The Morgan fingerprint density at radius 2 is 1.90 bits per heavy atom. The highest BCUT2D eigenvalue weighted by Crippen LogP contribution is 2.38. The first-order valence-corrected chi connectivity index (χ1v) is 10.9. The number of nitrogens with two attached hydrogens (primary N) is 1. The second-order valence-electron chi connectivity index (χ2n) is 7.98. The van der Waals surface area contributed by atoms with E-state index in [1.54, 1.807) is 0 Å². The fraction of sp³-hybridized carbons (Fsp3) is 0.333. The molecule has 1 amide bonds. The van der Waals surface area contributed by atoms with Crippen LogP contribution in [0.15, 0.2) is 48.5 Å². The zero-order chi connectivity index (χ0) is 21.3. The normalized spacial score (nSPS) is 12.9.